The van der Waals surface area contributed by atoms with Crippen LogP contribution in [0.2, 0.25) is 0 Å². The summed E-state index contributed by atoms with van der Waals surface area (Å²) in [6.07, 6.45) is -4.11. The van der Waals surface area contributed by atoms with Crippen LogP contribution in [0.1, 0.15) is 22.3 Å². The van der Waals surface area contributed by atoms with E-state index >= 15 is 0 Å². The standard InChI is InChI=1S/C19H21F3N4O2S/c20-19(21,22)13-2-1-3-14(12-13)26-9-7-25(8-10-26)6-4-16(27)24-18-15(17(23)28)5-11-29-18/h1-3,5,11-12H,4,6-10H2,(H2,23,28)(H,24,27). The topological polar surface area (TPSA) is 78.7 Å². The van der Waals surface area contributed by atoms with Gasteiger partial charge in [0.05, 0.1) is 11.1 Å². The number of hydrogen-bond donors (Lipinski definition) is 2. The molecule has 0 saturated carbocycles. The Morgan fingerprint density at radius 1 is 1.14 bits per heavy atom. The predicted molar refractivity (Wildman–Crippen MR) is 106 cm³/mol. The summed E-state index contributed by atoms with van der Waals surface area (Å²) < 4.78 is 38.7. The minimum Gasteiger partial charge on any atom is -0.369 e. The van der Waals surface area contributed by atoms with Crippen LogP contribution in [0.25, 0.3) is 0 Å². The molecule has 2 aromatic rings. The van der Waals surface area contributed by atoms with Gasteiger partial charge in [-0.25, -0.2) is 0 Å². The molecule has 1 fully saturated rings. The Kier molecular flexibility index (Phi) is 6.43. The first-order valence-electron chi connectivity index (χ1n) is 9.06. The van der Waals surface area contributed by atoms with Gasteiger partial charge in [0.2, 0.25) is 5.91 Å². The summed E-state index contributed by atoms with van der Waals surface area (Å²) in [5.41, 5.74) is 5.45. The zero-order valence-corrected chi connectivity index (χ0v) is 16.4. The summed E-state index contributed by atoms with van der Waals surface area (Å²) in [5, 5.41) is 4.83. The van der Waals surface area contributed by atoms with Crippen molar-refractivity contribution in [3.8, 4) is 0 Å². The molecule has 1 aliphatic rings. The Balaban J connectivity index is 1.47. The van der Waals surface area contributed by atoms with Crippen LogP contribution in [0.15, 0.2) is 35.7 Å². The van der Waals surface area contributed by atoms with Crippen LogP contribution in [0.5, 0.6) is 0 Å². The van der Waals surface area contributed by atoms with Crippen molar-refractivity contribution < 1.29 is 22.8 Å². The molecule has 0 unspecified atom stereocenters. The number of carbonyl (C=O) groups is 2. The highest BCUT2D eigenvalue weighted by atomic mass is 32.1. The Hall–Kier alpha value is -2.59. The van der Waals surface area contributed by atoms with Gasteiger partial charge in [0, 0.05) is 44.8 Å². The SMILES string of the molecule is NC(=O)c1ccsc1NC(=O)CCN1CCN(c2cccc(C(F)(F)F)c2)CC1. The van der Waals surface area contributed by atoms with Crippen molar-refractivity contribution in [1.29, 1.82) is 0 Å². The van der Waals surface area contributed by atoms with Crippen molar-refractivity contribution >= 4 is 33.8 Å². The van der Waals surface area contributed by atoms with Crippen molar-refractivity contribution in [2.75, 3.05) is 42.9 Å². The molecule has 0 spiro atoms. The van der Waals surface area contributed by atoms with Crippen molar-refractivity contribution in [3.05, 3.63) is 46.8 Å². The number of primary amides is 1. The number of piperazine rings is 1. The van der Waals surface area contributed by atoms with E-state index in [-0.39, 0.29) is 17.9 Å². The molecule has 1 aromatic heterocycles. The number of rotatable bonds is 6. The number of nitrogens with zero attached hydrogens (tertiary/aromatic N) is 2. The molecule has 3 rings (SSSR count). The van der Waals surface area contributed by atoms with Gasteiger partial charge in [0.15, 0.2) is 0 Å². The molecule has 29 heavy (non-hydrogen) atoms. The molecule has 156 valence electrons. The molecule has 2 amide bonds. The summed E-state index contributed by atoms with van der Waals surface area (Å²) in [6, 6.07) is 6.89. The van der Waals surface area contributed by atoms with Gasteiger partial charge in [0.1, 0.15) is 5.00 Å². The lowest BCUT2D eigenvalue weighted by atomic mass is 10.1. The lowest BCUT2D eigenvalue weighted by Crippen LogP contribution is -2.47. The molecular formula is C19H21F3N4O2S. The summed E-state index contributed by atoms with van der Waals surface area (Å²) in [7, 11) is 0. The average Bonchev–Trinajstić information content (AvgIpc) is 3.14. The van der Waals surface area contributed by atoms with Gasteiger partial charge in [-0.05, 0) is 29.6 Å². The van der Waals surface area contributed by atoms with E-state index in [9.17, 15) is 22.8 Å². The molecule has 10 heteroatoms. The number of benzene rings is 1. The Morgan fingerprint density at radius 2 is 1.86 bits per heavy atom. The van der Waals surface area contributed by atoms with E-state index in [2.05, 4.69) is 10.2 Å². The second-order valence-corrected chi connectivity index (χ2v) is 7.62. The smallest absolute Gasteiger partial charge is 0.369 e. The first-order valence-corrected chi connectivity index (χ1v) is 9.94. The van der Waals surface area contributed by atoms with Crippen molar-refractivity contribution in [1.82, 2.24) is 4.90 Å². The highest BCUT2D eigenvalue weighted by Gasteiger charge is 2.31. The number of nitrogens with two attached hydrogens (primary N) is 1. The lowest BCUT2D eigenvalue weighted by molar-refractivity contribution is -0.137. The fraction of sp³-hybridized carbons (Fsp3) is 0.368. The van der Waals surface area contributed by atoms with Gasteiger partial charge < -0.3 is 16.0 Å². The maximum absolute atomic E-state index is 12.9. The zero-order valence-electron chi connectivity index (χ0n) is 15.5. The van der Waals surface area contributed by atoms with E-state index in [1.165, 1.54) is 23.5 Å². The maximum Gasteiger partial charge on any atom is 0.416 e. The van der Waals surface area contributed by atoms with E-state index < -0.39 is 17.6 Å². The number of anilines is 2. The third-order valence-corrected chi connectivity index (χ3v) is 5.58. The van der Waals surface area contributed by atoms with E-state index in [4.69, 9.17) is 5.73 Å². The van der Waals surface area contributed by atoms with E-state index in [1.807, 2.05) is 4.90 Å². The number of hydrogen-bond acceptors (Lipinski definition) is 5. The summed E-state index contributed by atoms with van der Waals surface area (Å²) in [6.45, 7) is 2.99. The van der Waals surface area contributed by atoms with Crippen LogP contribution in [0.4, 0.5) is 23.9 Å². The average molecular weight is 426 g/mol. The number of nitrogens with one attached hydrogen (secondary N) is 1. The third kappa shape index (κ3) is 5.48. The molecule has 1 saturated heterocycles. The summed E-state index contributed by atoms with van der Waals surface area (Å²) in [5.74, 6) is -0.803. The number of carbonyl (C=O) groups excluding carboxylic acids is 2. The lowest BCUT2D eigenvalue weighted by Gasteiger charge is -2.36. The summed E-state index contributed by atoms with van der Waals surface area (Å²) in [4.78, 5) is 27.4. The predicted octanol–water partition coefficient (Wildman–Crippen LogP) is 3.02. The van der Waals surface area contributed by atoms with Crippen molar-refractivity contribution in [2.24, 2.45) is 5.73 Å². The minimum atomic E-state index is -4.36. The molecule has 6 nitrogen and oxygen atoms in total. The maximum atomic E-state index is 12.9. The van der Waals surface area contributed by atoms with Crippen LogP contribution in [0.3, 0.4) is 0 Å². The molecule has 2 heterocycles. The zero-order chi connectivity index (χ0) is 21.0. The Bertz CT molecular complexity index is 876. The highest BCUT2D eigenvalue weighted by molar-refractivity contribution is 7.14. The number of alkyl halides is 3. The van der Waals surface area contributed by atoms with E-state index in [0.717, 1.165) is 6.07 Å². The van der Waals surface area contributed by atoms with Crippen molar-refractivity contribution in [3.63, 3.8) is 0 Å². The van der Waals surface area contributed by atoms with Gasteiger partial charge in [-0.3, -0.25) is 14.5 Å². The highest BCUT2D eigenvalue weighted by Crippen LogP contribution is 2.32. The van der Waals surface area contributed by atoms with Gasteiger partial charge in [0.25, 0.3) is 5.91 Å². The molecular weight excluding hydrogens is 405 g/mol. The first-order chi connectivity index (χ1) is 13.7. The van der Waals surface area contributed by atoms with Gasteiger partial charge >= 0.3 is 6.18 Å². The molecule has 3 N–H and O–H groups in total. The molecule has 0 bridgehead atoms. The van der Waals surface area contributed by atoms with Crippen LogP contribution in [-0.2, 0) is 11.0 Å². The molecule has 0 atom stereocenters. The molecule has 1 aliphatic heterocycles. The number of thiophene rings is 1. The minimum absolute atomic E-state index is 0.213. The number of amides is 2. The number of halogens is 3. The second-order valence-electron chi connectivity index (χ2n) is 6.70. The quantitative estimate of drug-likeness (QED) is 0.744. The fourth-order valence-electron chi connectivity index (χ4n) is 3.16. The van der Waals surface area contributed by atoms with Crippen molar-refractivity contribution in [2.45, 2.75) is 12.6 Å². The van der Waals surface area contributed by atoms with Gasteiger partial charge in [-0.1, -0.05) is 6.07 Å². The Labute approximate surface area is 170 Å². The molecule has 0 aliphatic carbocycles. The monoisotopic (exact) mass is 426 g/mol. The largest absolute Gasteiger partial charge is 0.416 e. The van der Waals surface area contributed by atoms with Crippen LogP contribution in [-0.4, -0.2) is 49.4 Å². The van der Waals surface area contributed by atoms with Crippen LogP contribution >= 0.6 is 11.3 Å². The molecule has 1 aromatic carbocycles. The second kappa shape index (κ2) is 8.83. The first kappa shape index (κ1) is 21.1. The van der Waals surface area contributed by atoms with Crippen LogP contribution < -0.4 is 16.0 Å². The Morgan fingerprint density at radius 3 is 2.52 bits per heavy atom. The van der Waals surface area contributed by atoms with Crippen LogP contribution in [0, 0.1) is 0 Å². The fourth-order valence-corrected chi connectivity index (χ4v) is 3.97. The molecule has 0 radical (unpaired) electrons. The summed E-state index contributed by atoms with van der Waals surface area (Å²) >= 11 is 1.24. The van der Waals surface area contributed by atoms with Gasteiger partial charge in [-0.2, -0.15) is 13.2 Å². The van der Waals surface area contributed by atoms with E-state index in [1.54, 1.807) is 17.5 Å². The normalized spacial score (nSPS) is 15.3. The van der Waals surface area contributed by atoms with E-state index in [0.29, 0.717) is 43.4 Å². The van der Waals surface area contributed by atoms with Gasteiger partial charge in [-0.15, -0.1) is 11.3 Å². The third-order valence-electron chi connectivity index (χ3n) is 4.75.